The molecule has 0 saturated carbocycles. The Kier molecular flexibility index (Phi) is 5.49. The zero-order valence-electron chi connectivity index (χ0n) is 10.9. The van der Waals surface area contributed by atoms with E-state index in [-0.39, 0.29) is 0 Å². The molecule has 18 heavy (non-hydrogen) atoms. The van der Waals surface area contributed by atoms with E-state index in [0.717, 1.165) is 25.0 Å². The highest BCUT2D eigenvalue weighted by Crippen LogP contribution is 2.15. The molecule has 0 aliphatic rings. The van der Waals surface area contributed by atoms with Crippen molar-refractivity contribution in [3.05, 3.63) is 42.1 Å². The first-order valence-electron chi connectivity index (χ1n) is 6.44. The van der Waals surface area contributed by atoms with E-state index in [1.807, 2.05) is 24.0 Å². The number of nitrogens with zero attached hydrogens (tertiary/aromatic N) is 1. The molecule has 3 heteroatoms. The van der Waals surface area contributed by atoms with Gasteiger partial charge in [0.05, 0.1) is 5.52 Å². The summed E-state index contributed by atoms with van der Waals surface area (Å²) in [5.41, 5.74) is 2.48. The Hall–Kier alpha value is -1.06. The third-order valence-corrected chi connectivity index (χ3v) is 3.69. The van der Waals surface area contributed by atoms with Gasteiger partial charge in [0.1, 0.15) is 0 Å². The lowest BCUT2D eigenvalue weighted by atomic mass is 10.1. The van der Waals surface area contributed by atoms with Gasteiger partial charge in [-0.2, -0.15) is 11.8 Å². The van der Waals surface area contributed by atoms with E-state index in [1.165, 1.54) is 23.1 Å². The number of aromatic nitrogens is 1. The molecule has 0 bridgehead atoms. The van der Waals surface area contributed by atoms with E-state index >= 15 is 0 Å². The van der Waals surface area contributed by atoms with E-state index in [1.54, 1.807) is 0 Å². The van der Waals surface area contributed by atoms with Crippen molar-refractivity contribution in [2.75, 3.05) is 25.1 Å². The Morgan fingerprint density at radius 1 is 1.17 bits per heavy atom. The van der Waals surface area contributed by atoms with Crippen molar-refractivity contribution in [1.29, 1.82) is 0 Å². The maximum absolute atomic E-state index is 4.48. The molecule has 2 aromatic rings. The Bertz CT molecular complexity index is 479. The lowest BCUT2D eigenvalue weighted by molar-refractivity contribution is 0.675. The van der Waals surface area contributed by atoms with Crippen LogP contribution in [0.15, 0.2) is 36.5 Å². The zero-order chi connectivity index (χ0) is 12.6. The van der Waals surface area contributed by atoms with Crippen molar-refractivity contribution in [3.8, 4) is 0 Å². The fraction of sp³-hybridized carbons (Fsp3) is 0.400. The normalized spacial score (nSPS) is 10.9. The number of pyridine rings is 1. The van der Waals surface area contributed by atoms with Gasteiger partial charge in [-0.15, -0.1) is 0 Å². The molecule has 1 N–H and O–H groups in total. The predicted octanol–water partition coefficient (Wildman–Crippen LogP) is 3.12. The summed E-state index contributed by atoms with van der Waals surface area (Å²) in [6.45, 7) is 2.14. The summed E-state index contributed by atoms with van der Waals surface area (Å²) in [4.78, 5) is 4.48. The number of nitrogens with one attached hydrogen (secondary N) is 1. The number of benzene rings is 1. The highest BCUT2D eigenvalue weighted by atomic mass is 32.2. The molecule has 1 aromatic carbocycles. The van der Waals surface area contributed by atoms with Crippen LogP contribution in [0, 0.1) is 0 Å². The molecule has 0 spiro atoms. The van der Waals surface area contributed by atoms with Gasteiger partial charge in [0.15, 0.2) is 0 Å². The summed E-state index contributed by atoms with van der Waals surface area (Å²) >= 11 is 1.91. The first kappa shape index (κ1) is 13.4. The molecule has 0 aliphatic carbocycles. The molecular formula is C15H20N2S. The fourth-order valence-corrected chi connectivity index (χ4v) is 2.49. The first-order valence-corrected chi connectivity index (χ1v) is 7.83. The van der Waals surface area contributed by atoms with Crippen LogP contribution in [0.25, 0.3) is 10.9 Å². The van der Waals surface area contributed by atoms with Gasteiger partial charge in [0, 0.05) is 11.6 Å². The van der Waals surface area contributed by atoms with Crippen LogP contribution in [0.2, 0.25) is 0 Å². The third kappa shape index (κ3) is 3.72. The Morgan fingerprint density at radius 2 is 2.06 bits per heavy atom. The van der Waals surface area contributed by atoms with Crippen LogP contribution >= 0.6 is 11.8 Å². The summed E-state index contributed by atoms with van der Waals surface area (Å²) in [5.74, 6) is 1.24. The van der Waals surface area contributed by atoms with Crippen LogP contribution in [-0.2, 0) is 6.42 Å². The van der Waals surface area contributed by atoms with Gasteiger partial charge >= 0.3 is 0 Å². The van der Waals surface area contributed by atoms with E-state index in [4.69, 9.17) is 0 Å². The van der Waals surface area contributed by atoms with Crippen molar-refractivity contribution in [1.82, 2.24) is 10.3 Å². The van der Waals surface area contributed by atoms with E-state index in [9.17, 15) is 0 Å². The number of rotatable bonds is 7. The van der Waals surface area contributed by atoms with Gasteiger partial charge in [-0.25, -0.2) is 0 Å². The second kappa shape index (κ2) is 7.39. The molecule has 0 amide bonds. The molecular weight excluding hydrogens is 240 g/mol. The molecule has 1 aromatic heterocycles. The molecule has 0 saturated heterocycles. The van der Waals surface area contributed by atoms with Crippen molar-refractivity contribution in [2.24, 2.45) is 0 Å². The number of hydrogen-bond acceptors (Lipinski definition) is 3. The smallest absolute Gasteiger partial charge is 0.0734 e. The summed E-state index contributed by atoms with van der Waals surface area (Å²) in [6.07, 6.45) is 6.32. The van der Waals surface area contributed by atoms with Crippen LogP contribution in [0.1, 0.15) is 12.0 Å². The maximum atomic E-state index is 4.48. The molecule has 2 rings (SSSR count). The Labute approximate surface area is 113 Å². The third-order valence-electron chi connectivity index (χ3n) is 2.99. The molecule has 96 valence electrons. The number of fused-ring (bicyclic) bond motifs is 1. The first-order chi connectivity index (χ1) is 8.92. The topological polar surface area (TPSA) is 24.9 Å². The minimum absolute atomic E-state index is 1.03. The minimum Gasteiger partial charge on any atom is -0.316 e. The summed E-state index contributed by atoms with van der Waals surface area (Å²) in [7, 11) is 0. The van der Waals surface area contributed by atoms with Crippen LogP contribution in [-0.4, -0.2) is 30.1 Å². The van der Waals surface area contributed by atoms with E-state index in [2.05, 4.69) is 40.8 Å². The van der Waals surface area contributed by atoms with Gasteiger partial charge < -0.3 is 5.32 Å². The van der Waals surface area contributed by atoms with Crippen molar-refractivity contribution >= 4 is 22.7 Å². The van der Waals surface area contributed by atoms with Crippen LogP contribution in [0.4, 0.5) is 0 Å². The van der Waals surface area contributed by atoms with E-state index < -0.39 is 0 Å². The molecule has 0 atom stereocenters. The lowest BCUT2D eigenvalue weighted by Gasteiger charge is -2.07. The van der Waals surface area contributed by atoms with Crippen LogP contribution in [0.3, 0.4) is 0 Å². The molecule has 0 aliphatic heterocycles. The Balaban J connectivity index is 1.88. The average molecular weight is 260 g/mol. The van der Waals surface area contributed by atoms with Crippen molar-refractivity contribution in [2.45, 2.75) is 12.8 Å². The highest BCUT2D eigenvalue weighted by molar-refractivity contribution is 7.98. The largest absolute Gasteiger partial charge is 0.316 e. The van der Waals surface area contributed by atoms with Gasteiger partial charge in [-0.1, -0.05) is 24.3 Å². The monoisotopic (exact) mass is 260 g/mol. The predicted molar refractivity (Wildman–Crippen MR) is 81.3 cm³/mol. The molecule has 0 radical (unpaired) electrons. The molecule has 0 fully saturated rings. The van der Waals surface area contributed by atoms with Crippen LogP contribution < -0.4 is 5.32 Å². The Morgan fingerprint density at radius 3 is 2.94 bits per heavy atom. The van der Waals surface area contributed by atoms with Crippen molar-refractivity contribution in [3.63, 3.8) is 0 Å². The van der Waals surface area contributed by atoms with Crippen molar-refractivity contribution < 1.29 is 0 Å². The average Bonchev–Trinajstić information content (AvgIpc) is 2.43. The number of thioether (sulfide) groups is 1. The quantitative estimate of drug-likeness (QED) is 0.774. The van der Waals surface area contributed by atoms with Gasteiger partial charge in [-0.3, -0.25) is 4.98 Å². The highest BCUT2D eigenvalue weighted by Gasteiger charge is 2.00. The molecule has 1 heterocycles. The molecule has 0 unspecified atom stereocenters. The summed E-state index contributed by atoms with van der Waals surface area (Å²) in [6, 6.07) is 10.5. The SMILES string of the molecule is CSCCCNCCc1cccc2cccnc12. The number of hydrogen-bond donors (Lipinski definition) is 1. The van der Waals surface area contributed by atoms with Gasteiger partial charge in [0.25, 0.3) is 0 Å². The zero-order valence-corrected chi connectivity index (χ0v) is 11.7. The van der Waals surface area contributed by atoms with Gasteiger partial charge in [0.2, 0.25) is 0 Å². The summed E-state index contributed by atoms with van der Waals surface area (Å²) in [5, 5.41) is 4.73. The summed E-state index contributed by atoms with van der Waals surface area (Å²) < 4.78 is 0. The van der Waals surface area contributed by atoms with E-state index in [0.29, 0.717) is 0 Å². The van der Waals surface area contributed by atoms with Crippen LogP contribution in [0.5, 0.6) is 0 Å². The number of para-hydroxylation sites is 1. The molecule has 2 nitrogen and oxygen atoms in total. The standard InChI is InChI=1S/C15H20N2S/c1-18-12-4-9-16-11-8-14-6-2-5-13-7-3-10-17-15(13)14/h2-3,5-7,10,16H,4,8-9,11-12H2,1H3. The minimum atomic E-state index is 1.03. The maximum Gasteiger partial charge on any atom is 0.0734 e. The fourth-order valence-electron chi connectivity index (χ4n) is 2.06. The van der Waals surface area contributed by atoms with Gasteiger partial charge in [-0.05, 0) is 49.6 Å². The second-order valence-electron chi connectivity index (χ2n) is 4.34. The lowest BCUT2D eigenvalue weighted by Crippen LogP contribution is -2.19. The second-order valence-corrected chi connectivity index (χ2v) is 5.32.